The van der Waals surface area contributed by atoms with Gasteiger partial charge in [-0.2, -0.15) is 0 Å². The molecule has 1 unspecified atom stereocenters. The van der Waals surface area contributed by atoms with E-state index in [0.717, 1.165) is 5.70 Å². The zero-order valence-electron chi connectivity index (χ0n) is 6.37. The molecule has 0 aliphatic carbocycles. The van der Waals surface area contributed by atoms with E-state index in [9.17, 15) is 4.79 Å². The summed E-state index contributed by atoms with van der Waals surface area (Å²) in [6.07, 6.45) is 1.58. The third-order valence-corrected chi connectivity index (χ3v) is 1.97. The third kappa shape index (κ3) is 1.08. The van der Waals surface area contributed by atoms with Crippen molar-refractivity contribution in [3.05, 3.63) is 11.8 Å². The van der Waals surface area contributed by atoms with Crippen LogP contribution in [0.25, 0.3) is 0 Å². The van der Waals surface area contributed by atoms with Gasteiger partial charge >= 0.3 is 5.97 Å². The quantitative estimate of drug-likeness (QED) is 0.465. The maximum Gasteiger partial charge on any atom is 0.354 e. The van der Waals surface area contributed by atoms with E-state index in [4.69, 9.17) is 5.11 Å². The minimum absolute atomic E-state index is 0.137. The summed E-state index contributed by atoms with van der Waals surface area (Å²) in [4.78, 5) is 14.4. The first kappa shape index (κ1) is 7.30. The van der Waals surface area contributed by atoms with Gasteiger partial charge < -0.3 is 10.4 Å². The van der Waals surface area contributed by atoms with Crippen LogP contribution in [0.4, 0.5) is 0 Å². The molecule has 0 spiro atoms. The van der Waals surface area contributed by atoms with Crippen molar-refractivity contribution in [3.8, 4) is 0 Å². The van der Waals surface area contributed by atoms with E-state index in [1.807, 2.05) is 0 Å². The highest BCUT2D eigenvalue weighted by Crippen LogP contribution is 2.09. The summed E-state index contributed by atoms with van der Waals surface area (Å²) < 4.78 is 0. The van der Waals surface area contributed by atoms with E-state index < -0.39 is 5.97 Å². The fourth-order valence-electron chi connectivity index (χ4n) is 1.34. The predicted octanol–water partition coefficient (Wildman–Crippen LogP) is -1.07. The van der Waals surface area contributed by atoms with Crippen LogP contribution in [-0.4, -0.2) is 36.0 Å². The molecule has 2 aliphatic rings. The molecule has 0 saturated carbocycles. The maximum absolute atomic E-state index is 10.5. The number of carboxylic acid groups (broad SMARTS) is 1. The molecular weight excluding hydrogens is 158 g/mol. The van der Waals surface area contributed by atoms with Gasteiger partial charge in [-0.05, 0) is 6.08 Å². The molecule has 3 N–H and O–H groups in total. The Bertz CT molecular complexity index is 282. The number of aliphatic imine (C=N–C) groups is 1. The largest absolute Gasteiger partial charge is 0.477 e. The Labute approximate surface area is 69.2 Å². The van der Waals surface area contributed by atoms with Crippen LogP contribution < -0.4 is 10.6 Å². The van der Waals surface area contributed by atoms with Crippen molar-refractivity contribution in [2.45, 2.75) is 6.04 Å². The van der Waals surface area contributed by atoms with Crippen LogP contribution in [0.15, 0.2) is 16.8 Å². The summed E-state index contributed by atoms with van der Waals surface area (Å²) in [7, 11) is 0. The Morgan fingerprint density at radius 1 is 1.75 bits per heavy atom. The van der Waals surface area contributed by atoms with Crippen molar-refractivity contribution in [2.24, 2.45) is 4.99 Å². The number of fused-ring (bicyclic) bond motifs is 1. The van der Waals surface area contributed by atoms with Gasteiger partial charge in [0.25, 0.3) is 0 Å². The van der Waals surface area contributed by atoms with Crippen LogP contribution in [0.1, 0.15) is 0 Å². The SMILES string of the molecule is O=C(O)C1=NCC2NCNC2=C1. The Morgan fingerprint density at radius 3 is 3.33 bits per heavy atom. The van der Waals surface area contributed by atoms with Gasteiger partial charge in [-0.25, -0.2) is 4.79 Å². The molecule has 0 amide bonds. The minimum atomic E-state index is -0.963. The van der Waals surface area contributed by atoms with Crippen LogP contribution in [0.5, 0.6) is 0 Å². The predicted molar refractivity (Wildman–Crippen MR) is 42.9 cm³/mol. The molecule has 2 heterocycles. The highest BCUT2D eigenvalue weighted by molar-refractivity contribution is 6.40. The van der Waals surface area contributed by atoms with Crippen LogP contribution >= 0.6 is 0 Å². The molecule has 1 fully saturated rings. The normalized spacial score (nSPS) is 26.8. The van der Waals surface area contributed by atoms with Gasteiger partial charge in [0.15, 0.2) is 0 Å². The highest BCUT2D eigenvalue weighted by Gasteiger charge is 2.24. The molecule has 0 radical (unpaired) electrons. The molecule has 0 aromatic heterocycles. The first-order chi connectivity index (χ1) is 5.77. The first-order valence-electron chi connectivity index (χ1n) is 3.74. The number of aliphatic carboxylic acids is 1. The Kier molecular flexibility index (Phi) is 1.58. The van der Waals surface area contributed by atoms with Crippen molar-refractivity contribution in [3.63, 3.8) is 0 Å². The zero-order chi connectivity index (χ0) is 8.55. The molecule has 0 bridgehead atoms. The monoisotopic (exact) mass is 167 g/mol. The highest BCUT2D eigenvalue weighted by atomic mass is 16.4. The lowest BCUT2D eigenvalue weighted by atomic mass is 10.1. The van der Waals surface area contributed by atoms with Gasteiger partial charge in [0, 0.05) is 5.70 Å². The molecule has 0 aromatic rings. The van der Waals surface area contributed by atoms with Gasteiger partial charge in [-0.15, -0.1) is 0 Å². The molecule has 0 aromatic carbocycles. The molecule has 2 rings (SSSR count). The van der Waals surface area contributed by atoms with Crippen molar-refractivity contribution in [1.29, 1.82) is 0 Å². The second kappa shape index (κ2) is 2.60. The standard InChI is InChI=1S/C7H9N3O2/c11-7(12)5-1-4-6(2-8-5)10-3-9-4/h1,6,9-10H,2-3H2,(H,11,12). The second-order valence-electron chi connectivity index (χ2n) is 2.74. The summed E-state index contributed by atoms with van der Waals surface area (Å²) in [6, 6.07) is 0.188. The average Bonchev–Trinajstić information content (AvgIpc) is 2.49. The van der Waals surface area contributed by atoms with Crippen molar-refractivity contribution < 1.29 is 9.90 Å². The lowest BCUT2D eigenvalue weighted by Crippen LogP contribution is -2.30. The number of rotatable bonds is 1. The van der Waals surface area contributed by atoms with Crippen molar-refractivity contribution in [2.75, 3.05) is 13.2 Å². The molecule has 64 valence electrons. The Hall–Kier alpha value is -1.36. The van der Waals surface area contributed by atoms with Crippen LogP contribution in [0.3, 0.4) is 0 Å². The smallest absolute Gasteiger partial charge is 0.354 e. The van der Waals surface area contributed by atoms with Gasteiger partial charge in [0.05, 0.1) is 19.3 Å². The summed E-state index contributed by atoms with van der Waals surface area (Å²) in [5, 5.41) is 14.8. The van der Waals surface area contributed by atoms with Gasteiger partial charge in [0.1, 0.15) is 5.71 Å². The molecule has 2 aliphatic heterocycles. The molecule has 1 atom stereocenters. The third-order valence-electron chi connectivity index (χ3n) is 1.97. The molecule has 1 saturated heterocycles. The maximum atomic E-state index is 10.5. The minimum Gasteiger partial charge on any atom is -0.477 e. The number of nitrogens with zero attached hydrogens (tertiary/aromatic N) is 1. The lowest BCUT2D eigenvalue weighted by Gasteiger charge is -2.13. The molecule has 5 heteroatoms. The number of hydrogen-bond acceptors (Lipinski definition) is 4. The average molecular weight is 167 g/mol. The Balaban J connectivity index is 2.22. The van der Waals surface area contributed by atoms with E-state index in [2.05, 4.69) is 15.6 Å². The Morgan fingerprint density at radius 2 is 2.58 bits per heavy atom. The van der Waals surface area contributed by atoms with E-state index in [1.165, 1.54) is 0 Å². The second-order valence-corrected chi connectivity index (χ2v) is 2.74. The lowest BCUT2D eigenvalue weighted by molar-refractivity contribution is -0.129. The topological polar surface area (TPSA) is 73.7 Å². The number of nitrogens with one attached hydrogen (secondary N) is 2. The van der Waals surface area contributed by atoms with E-state index >= 15 is 0 Å². The molecular formula is C7H9N3O2. The van der Waals surface area contributed by atoms with Crippen molar-refractivity contribution in [1.82, 2.24) is 10.6 Å². The van der Waals surface area contributed by atoms with Gasteiger partial charge in [-0.3, -0.25) is 10.3 Å². The first-order valence-corrected chi connectivity index (χ1v) is 3.74. The molecule has 12 heavy (non-hydrogen) atoms. The van der Waals surface area contributed by atoms with E-state index in [1.54, 1.807) is 6.08 Å². The summed E-state index contributed by atoms with van der Waals surface area (Å²) in [5.74, 6) is -0.963. The zero-order valence-corrected chi connectivity index (χ0v) is 6.37. The van der Waals surface area contributed by atoms with Crippen molar-refractivity contribution >= 4 is 11.7 Å². The number of carbonyl (C=O) groups is 1. The van der Waals surface area contributed by atoms with Gasteiger partial charge in [-0.1, -0.05) is 0 Å². The van der Waals surface area contributed by atoms with Crippen LogP contribution in [0, 0.1) is 0 Å². The molecule has 5 nitrogen and oxygen atoms in total. The van der Waals surface area contributed by atoms with Crippen LogP contribution in [-0.2, 0) is 4.79 Å². The van der Waals surface area contributed by atoms with E-state index in [-0.39, 0.29) is 11.8 Å². The van der Waals surface area contributed by atoms with E-state index in [0.29, 0.717) is 13.2 Å². The number of dihydropyridines is 1. The fourth-order valence-corrected chi connectivity index (χ4v) is 1.34. The summed E-state index contributed by atoms with van der Waals surface area (Å²) in [6.45, 7) is 1.21. The number of carboxylic acids is 1. The fraction of sp³-hybridized carbons (Fsp3) is 0.429. The van der Waals surface area contributed by atoms with Gasteiger partial charge in [0.2, 0.25) is 0 Å². The summed E-state index contributed by atoms with van der Waals surface area (Å²) >= 11 is 0. The summed E-state index contributed by atoms with van der Waals surface area (Å²) in [5.41, 5.74) is 1.07. The number of hydrogen-bond donors (Lipinski definition) is 3. The van der Waals surface area contributed by atoms with Crippen LogP contribution in [0.2, 0.25) is 0 Å².